The minimum atomic E-state index is -0.414. The van der Waals surface area contributed by atoms with Crippen molar-refractivity contribution in [2.45, 2.75) is 40.7 Å². The number of hydrogen-bond acceptors (Lipinski definition) is 2. The van der Waals surface area contributed by atoms with E-state index in [9.17, 15) is 4.79 Å². The fraction of sp³-hybridized carbons (Fsp3) is 0.900. The average Bonchev–Trinajstić information content (AvgIpc) is 1.99. The third-order valence-electron chi connectivity index (χ3n) is 2.69. The van der Waals surface area contributed by atoms with Crippen LogP contribution < -0.4 is 11.1 Å². The van der Waals surface area contributed by atoms with Crippen LogP contribution in [0.15, 0.2) is 0 Å². The van der Waals surface area contributed by atoms with Crippen LogP contribution in [0.5, 0.6) is 0 Å². The number of carbonyl (C=O) groups is 1. The van der Waals surface area contributed by atoms with Crippen molar-refractivity contribution in [3.63, 3.8) is 0 Å². The average molecular weight is 186 g/mol. The maximum absolute atomic E-state index is 11.2. The molecule has 0 rings (SSSR count). The second kappa shape index (κ2) is 4.61. The molecule has 3 heteroatoms. The second-order valence-electron chi connectivity index (χ2n) is 4.65. The lowest BCUT2D eigenvalue weighted by Gasteiger charge is -2.29. The molecule has 0 aromatic rings. The molecule has 0 heterocycles. The summed E-state index contributed by atoms with van der Waals surface area (Å²) in [6.07, 6.45) is 0. The fourth-order valence-corrected chi connectivity index (χ4v) is 0.680. The predicted octanol–water partition coefficient (Wildman–Crippen LogP) is 1.13. The van der Waals surface area contributed by atoms with Crippen LogP contribution in [-0.4, -0.2) is 18.5 Å². The van der Waals surface area contributed by atoms with Crippen molar-refractivity contribution >= 4 is 5.91 Å². The molecule has 78 valence electrons. The van der Waals surface area contributed by atoms with Crippen LogP contribution in [0.3, 0.4) is 0 Å². The van der Waals surface area contributed by atoms with E-state index < -0.39 is 6.04 Å². The first-order valence-corrected chi connectivity index (χ1v) is 4.80. The first-order valence-electron chi connectivity index (χ1n) is 4.80. The van der Waals surface area contributed by atoms with Crippen molar-refractivity contribution in [2.75, 3.05) is 6.54 Å². The molecule has 0 fully saturated rings. The zero-order valence-electron chi connectivity index (χ0n) is 9.35. The molecule has 0 spiro atoms. The Balaban J connectivity index is 3.95. The van der Waals surface area contributed by atoms with Crippen molar-refractivity contribution in [3.8, 4) is 0 Å². The van der Waals surface area contributed by atoms with Crippen LogP contribution in [-0.2, 0) is 4.79 Å². The van der Waals surface area contributed by atoms with Gasteiger partial charge in [-0.05, 0) is 18.3 Å². The van der Waals surface area contributed by atoms with Crippen molar-refractivity contribution in [1.82, 2.24) is 5.32 Å². The minimum absolute atomic E-state index is 0.0753. The van der Waals surface area contributed by atoms with Gasteiger partial charge in [0.15, 0.2) is 0 Å². The van der Waals surface area contributed by atoms with Gasteiger partial charge in [-0.2, -0.15) is 0 Å². The maximum Gasteiger partial charge on any atom is 0.236 e. The van der Waals surface area contributed by atoms with Gasteiger partial charge in [0.05, 0.1) is 6.04 Å². The summed E-state index contributed by atoms with van der Waals surface area (Å²) < 4.78 is 0. The van der Waals surface area contributed by atoms with E-state index in [0.29, 0.717) is 12.5 Å². The Hall–Kier alpha value is -0.570. The highest BCUT2D eigenvalue weighted by molar-refractivity contribution is 5.80. The summed E-state index contributed by atoms with van der Waals surface area (Å²) in [4.78, 5) is 11.2. The van der Waals surface area contributed by atoms with Crippen LogP contribution in [0.1, 0.15) is 34.6 Å². The molecule has 0 saturated carbocycles. The number of nitrogens with two attached hydrogens (primary N) is 1. The molecule has 3 N–H and O–H groups in total. The molecular weight excluding hydrogens is 164 g/mol. The highest BCUT2D eigenvalue weighted by Crippen LogP contribution is 2.24. The molecule has 0 aliphatic rings. The Morgan fingerprint density at radius 2 is 1.85 bits per heavy atom. The van der Waals surface area contributed by atoms with E-state index in [4.69, 9.17) is 5.73 Å². The predicted molar refractivity (Wildman–Crippen MR) is 55.3 cm³/mol. The minimum Gasteiger partial charge on any atom is -0.354 e. The Morgan fingerprint density at radius 3 is 2.15 bits per heavy atom. The number of rotatable bonds is 4. The zero-order chi connectivity index (χ0) is 10.6. The molecule has 0 aliphatic heterocycles. The van der Waals surface area contributed by atoms with Gasteiger partial charge in [0.2, 0.25) is 5.91 Å². The first kappa shape index (κ1) is 12.4. The Kier molecular flexibility index (Phi) is 4.40. The van der Waals surface area contributed by atoms with Gasteiger partial charge in [-0.1, -0.05) is 27.7 Å². The van der Waals surface area contributed by atoms with E-state index in [-0.39, 0.29) is 11.3 Å². The summed E-state index contributed by atoms with van der Waals surface area (Å²) >= 11 is 0. The van der Waals surface area contributed by atoms with Crippen molar-refractivity contribution in [1.29, 1.82) is 0 Å². The maximum atomic E-state index is 11.2. The van der Waals surface area contributed by atoms with Crippen LogP contribution in [0.2, 0.25) is 0 Å². The van der Waals surface area contributed by atoms with Gasteiger partial charge in [-0.25, -0.2) is 0 Å². The van der Waals surface area contributed by atoms with E-state index in [1.807, 2.05) is 0 Å². The third-order valence-corrected chi connectivity index (χ3v) is 2.69. The summed E-state index contributed by atoms with van der Waals surface area (Å²) in [6.45, 7) is 11.0. The molecule has 0 aliphatic carbocycles. The lowest BCUT2D eigenvalue weighted by Crippen LogP contribution is -2.43. The van der Waals surface area contributed by atoms with Gasteiger partial charge in [0.1, 0.15) is 0 Å². The number of amides is 1. The lowest BCUT2D eigenvalue weighted by atomic mass is 9.81. The quantitative estimate of drug-likeness (QED) is 0.691. The molecule has 3 nitrogen and oxygen atoms in total. The number of hydrogen-bond donors (Lipinski definition) is 2. The molecular formula is C10H22N2O. The van der Waals surface area contributed by atoms with E-state index in [0.717, 1.165) is 0 Å². The van der Waals surface area contributed by atoms with Crippen molar-refractivity contribution < 1.29 is 4.79 Å². The highest BCUT2D eigenvalue weighted by atomic mass is 16.2. The van der Waals surface area contributed by atoms with E-state index >= 15 is 0 Å². The molecule has 0 aromatic carbocycles. The summed E-state index contributed by atoms with van der Waals surface area (Å²) in [5.74, 6) is 0.467. The molecule has 0 aromatic heterocycles. The molecule has 0 unspecified atom stereocenters. The molecule has 0 saturated heterocycles. The second-order valence-corrected chi connectivity index (χ2v) is 4.65. The SMILES string of the molecule is CC(C)C(C)(C)CNC(=O)[C@@H](C)N. The molecule has 13 heavy (non-hydrogen) atoms. The zero-order valence-corrected chi connectivity index (χ0v) is 9.35. The van der Waals surface area contributed by atoms with Gasteiger partial charge < -0.3 is 11.1 Å². The Morgan fingerprint density at radius 1 is 1.38 bits per heavy atom. The number of carbonyl (C=O) groups excluding carboxylic acids is 1. The van der Waals surface area contributed by atoms with Crippen LogP contribution in [0.25, 0.3) is 0 Å². The van der Waals surface area contributed by atoms with Crippen LogP contribution in [0.4, 0.5) is 0 Å². The third kappa shape index (κ3) is 4.27. The number of nitrogens with one attached hydrogen (secondary N) is 1. The van der Waals surface area contributed by atoms with Crippen LogP contribution in [0, 0.1) is 11.3 Å². The first-order chi connectivity index (χ1) is 5.77. The summed E-state index contributed by atoms with van der Waals surface area (Å²) in [5, 5.41) is 2.84. The van der Waals surface area contributed by atoms with Gasteiger partial charge in [-0.3, -0.25) is 4.79 Å². The van der Waals surface area contributed by atoms with Gasteiger partial charge in [0.25, 0.3) is 0 Å². The fourth-order valence-electron chi connectivity index (χ4n) is 0.680. The monoisotopic (exact) mass is 186 g/mol. The normalized spacial score (nSPS) is 14.4. The van der Waals surface area contributed by atoms with Gasteiger partial charge >= 0.3 is 0 Å². The summed E-state index contributed by atoms with van der Waals surface area (Å²) in [6, 6.07) is -0.414. The van der Waals surface area contributed by atoms with Crippen molar-refractivity contribution in [2.24, 2.45) is 17.1 Å². The van der Waals surface area contributed by atoms with E-state index in [2.05, 4.69) is 33.0 Å². The lowest BCUT2D eigenvalue weighted by molar-refractivity contribution is -0.122. The van der Waals surface area contributed by atoms with Gasteiger partial charge in [0, 0.05) is 6.54 Å². The summed E-state index contributed by atoms with van der Waals surface area (Å²) in [5.41, 5.74) is 5.56. The Labute approximate surface area is 81.1 Å². The van der Waals surface area contributed by atoms with E-state index in [1.54, 1.807) is 6.92 Å². The Bertz CT molecular complexity index is 174. The molecule has 0 bridgehead atoms. The van der Waals surface area contributed by atoms with Crippen molar-refractivity contribution in [3.05, 3.63) is 0 Å². The highest BCUT2D eigenvalue weighted by Gasteiger charge is 2.23. The molecule has 0 radical (unpaired) electrons. The van der Waals surface area contributed by atoms with Crippen LogP contribution >= 0.6 is 0 Å². The van der Waals surface area contributed by atoms with E-state index in [1.165, 1.54) is 0 Å². The smallest absolute Gasteiger partial charge is 0.236 e. The standard InChI is InChI=1S/C10H22N2O/c1-7(2)10(4,5)6-12-9(13)8(3)11/h7-8H,6,11H2,1-5H3,(H,12,13)/t8-/m1/s1. The molecule has 1 amide bonds. The largest absolute Gasteiger partial charge is 0.354 e. The molecule has 1 atom stereocenters. The topological polar surface area (TPSA) is 55.1 Å². The van der Waals surface area contributed by atoms with Gasteiger partial charge in [-0.15, -0.1) is 0 Å². The summed E-state index contributed by atoms with van der Waals surface area (Å²) in [7, 11) is 0.